The van der Waals surface area contributed by atoms with E-state index < -0.39 is 5.97 Å². The predicted molar refractivity (Wildman–Crippen MR) is 125 cm³/mol. The van der Waals surface area contributed by atoms with E-state index in [1.165, 1.54) is 0 Å². The molecule has 1 rings (SSSR count). The highest BCUT2D eigenvalue weighted by Gasteiger charge is 2.19. The summed E-state index contributed by atoms with van der Waals surface area (Å²) in [6.07, 6.45) is 31.1. The predicted octanol–water partition coefficient (Wildman–Crippen LogP) is 6.15. The third-order valence-electron chi connectivity index (χ3n) is 4.76. The standard InChI is InChI=1S/C26H37NO3/c1-2-3-4-5-6-7-8-9-10-11-12-13-14-15-16-17-18-19-25(28)27-22-20-24(21-23-27)26(29)30/h3-4,6-7,9-10,12-13,15-16,20H,2,5,8,11,14,17-19,21-23H2,1H3,(H,29,30)/b4-3+,7-6+,10-9+,13-12+,16-15+. The van der Waals surface area contributed by atoms with Crippen molar-refractivity contribution in [3.05, 3.63) is 72.4 Å². The average molecular weight is 412 g/mol. The first-order valence-corrected chi connectivity index (χ1v) is 11.1. The summed E-state index contributed by atoms with van der Waals surface area (Å²) in [5.41, 5.74) is 0.415. The molecule has 0 aromatic carbocycles. The lowest BCUT2D eigenvalue weighted by molar-refractivity contribution is -0.135. The summed E-state index contributed by atoms with van der Waals surface area (Å²) in [5, 5.41) is 8.94. The zero-order chi connectivity index (χ0) is 21.9. The van der Waals surface area contributed by atoms with Gasteiger partial charge >= 0.3 is 5.97 Å². The Morgan fingerprint density at radius 3 is 1.90 bits per heavy atom. The first-order chi connectivity index (χ1) is 14.6. The number of carbonyl (C=O) groups excluding carboxylic acids is 1. The fourth-order valence-corrected chi connectivity index (χ4v) is 2.99. The van der Waals surface area contributed by atoms with Crippen molar-refractivity contribution in [2.75, 3.05) is 13.1 Å². The molecule has 4 nitrogen and oxygen atoms in total. The molecule has 1 amide bonds. The monoisotopic (exact) mass is 411 g/mol. The average Bonchev–Trinajstić information content (AvgIpc) is 2.75. The molecule has 0 bridgehead atoms. The van der Waals surface area contributed by atoms with Crippen molar-refractivity contribution in [3.63, 3.8) is 0 Å². The second-order valence-electron chi connectivity index (χ2n) is 7.22. The van der Waals surface area contributed by atoms with Crippen LogP contribution in [0.2, 0.25) is 0 Å². The van der Waals surface area contributed by atoms with Crippen LogP contribution < -0.4 is 0 Å². The fraction of sp³-hybridized carbons (Fsp3) is 0.462. The van der Waals surface area contributed by atoms with Gasteiger partial charge in [0.1, 0.15) is 0 Å². The van der Waals surface area contributed by atoms with E-state index in [4.69, 9.17) is 5.11 Å². The van der Waals surface area contributed by atoms with Crippen LogP contribution in [0.5, 0.6) is 0 Å². The summed E-state index contributed by atoms with van der Waals surface area (Å²) in [7, 11) is 0. The fourth-order valence-electron chi connectivity index (χ4n) is 2.99. The molecule has 1 aliphatic rings. The molecule has 1 N–H and O–H groups in total. The molecule has 0 saturated heterocycles. The summed E-state index contributed by atoms with van der Waals surface area (Å²) < 4.78 is 0. The van der Waals surface area contributed by atoms with Gasteiger partial charge < -0.3 is 10.0 Å². The Labute approximate surface area is 182 Å². The number of carboxylic acids is 1. The molecule has 0 spiro atoms. The van der Waals surface area contributed by atoms with Crippen LogP contribution in [0.3, 0.4) is 0 Å². The van der Waals surface area contributed by atoms with Gasteiger partial charge in [-0.1, -0.05) is 73.8 Å². The van der Waals surface area contributed by atoms with E-state index in [0.717, 1.165) is 44.9 Å². The molecule has 0 saturated carbocycles. The lowest BCUT2D eigenvalue weighted by Crippen LogP contribution is -2.35. The molecule has 0 aromatic heterocycles. The molecule has 1 aliphatic heterocycles. The Hall–Kier alpha value is -2.62. The number of unbranched alkanes of at least 4 members (excludes halogenated alkanes) is 1. The minimum absolute atomic E-state index is 0.114. The lowest BCUT2D eigenvalue weighted by Gasteiger charge is -2.25. The number of rotatable bonds is 14. The number of carboxylic acid groups (broad SMARTS) is 1. The summed E-state index contributed by atoms with van der Waals surface area (Å²) in [6, 6.07) is 0. The van der Waals surface area contributed by atoms with Gasteiger partial charge in [0.15, 0.2) is 0 Å². The van der Waals surface area contributed by atoms with E-state index in [2.05, 4.69) is 67.7 Å². The van der Waals surface area contributed by atoms with Crippen LogP contribution in [0.4, 0.5) is 0 Å². The molecule has 0 fully saturated rings. The van der Waals surface area contributed by atoms with E-state index in [1.54, 1.807) is 11.0 Å². The van der Waals surface area contributed by atoms with Crippen LogP contribution in [0.15, 0.2) is 72.4 Å². The molecule has 0 radical (unpaired) electrons. The lowest BCUT2D eigenvalue weighted by atomic mass is 10.1. The van der Waals surface area contributed by atoms with Crippen LogP contribution >= 0.6 is 0 Å². The largest absolute Gasteiger partial charge is 0.478 e. The quantitative estimate of drug-likeness (QED) is 0.275. The van der Waals surface area contributed by atoms with Gasteiger partial charge in [0.25, 0.3) is 0 Å². The van der Waals surface area contributed by atoms with Crippen molar-refractivity contribution in [2.45, 2.75) is 64.7 Å². The molecule has 0 unspecified atom stereocenters. The SMILES string of the molecule is CC/C=C/C/C=C/C/C=C/C/C=C/C/C=C/CCCC(=O)N1CC=C(C(=O)O)CC1. The van der Waals surface area contributed by atoms with Gasteiger partial charge in [0.05, 0.1) is 0 Å². The van der Waals surface area contributed by atoms with Gasteiger partial charge in [-0.15, -0.1) is 0 Å². The maximum atomic E-state index is 12.1. The normalized spacial score (nSPS) is 15.4. The van der Waals surface area contributed by atoms with Gasteiger partial charge in [0, 0.05) is 25.1 Å². The Balaban J connectivity index is 2.02. The topological polar surface area (TPSA) is 57.6 Å². The van der Waals surface area contributed by atoms with Crippen LogP contribution in [-0.4, -0.2) is 35.0 Å². The Morgan fingerprint density at radius 1 is 0.900 bits per heavy atom. The number of hydrogen-bond acceptors (Lipinski definition) is 2. The summed E-state index contributed by atoms with van der Waals surface area (Å²) in [5.74, 6) is -0.761. The van der Waals surface area contributed by atoms with Crippen molar-refractivity contribution in [2.24, 2.45) is 0 Å². The number of carbonyl (C=O) groups is 2. The van der Waals surface area contributed by atoms with Gasteiger partial charge in [-0.25, -0.2) is 4.79 Å². The molecule has 1 heterocycles. The van der Waals surface area contributed by atoms with Crippen LogP contribution in [0.1, 0.15) is 64.7 Å². The maximum absolute atomic E-state index is 12.1. The van der Waals surface area contributed by atoms with E-state index >= 15 is 0 Å². The number of aliphatic carboxylic acids is 1. The van der Waals surface area contributed by atoms with Crippen molar-refractivity contribution >= 4 is 11.9 Å². The summed E-state index contributed by atoms with van der Waals surface area (Å²) in [6.45, 7) is 3.08. The zero-order valence-electron chi connectivity index (χ0n) is 18.3. The Morgan fingerprint density at radius 2 is 1.43 bits per heavy atom. The number of nitrogens with zero attached hydrogens (tertiary/aromatic N) is 1. The molecular formula is C26H37NO3. The molecule has 164 valence electrons. The molecule has 30 heavy (non-hydrogen) atoms. The zero-order valence-corrected chi connectivity index (χ0v) is 18.3. The van der Waals surface area contributed by atoms with E-state index in [-0.39, 0.29) is 5.91 Å². The molecule has 4 heteroatoms. The molecule has 0 aliphatic carbocycles. The first kappa shape index (κ1) is 25.4. The molecular weight excluding hydrogens is 374 g/mol. The molecule has 0 atom stereocenters. The van der Waals surface area contributed by atoms with E-state index in [9.17, 15) is 9.59 Å². The third-order valence-corrected chi connectivity index (χ3v) is 4.76. The van der Waals surface area contributed by atoms with E-state index in [0.29, 0.717) is 31.5 Å². The highest BCUT2D eigenvalue weighted by atomic mass is 16.4. The van der Waals surface area contributed by atoms with Gasteiger partial charge in [0.2, 0.25) is 5.91 Å². The maximum Gasteiger partial charge on any atom is 0.331 e. The second kappa shape index (κ2) is 17.3. The number of amides is 1. The van der Waals surface area contributed by atoms with Gasteiger partial charge in [-0.3, -0.25) is 4.79 Å². The summed E-state index contributed by atoms with van der Waals surface area (Å²) >= 11 is 0. The Kier molecular flexibility index (Phi) is 14.6. The smallest absolute Gasteiger partial charge is 0.331 e. The molecule has 0 aromatic rings. The van der Waals surface area contributed by atoms with Crippen molar-refractivity contribution in [3.8, 4) is 0 Å². The highest BCUT2D eigenvalue weighted by Crippen LogP contribution is 2.13. The van der Waals surface area contributed by atoms with Crippen LogP contribution in [-0.2, 0) is 9.59 Å². The van der Waals surface area contributed by atoms with Gasteiger partial charge in [-0.05, 0) is 51.4 Å². The minimum Gasteiger partial charge on any atom is -0.478 e. The number of hydrogen-bond donors (Lipinski definition) is 1. The van der Waals surface area contributed by atoms with Crippen LogP contribution in [0, 0.1) is 0 Å². The second-order valence-corrected chi connectivity index (χ2v) is 7.22. The highest BCUT2D eigenvalue weighted by molar-refractivity contribution is 5.87. The van der Waals surface area contributed by atoms with Crippen molar-refractivity contribution < 1.29 is 14.7 Å². The Bertz CT molecular complexity index is 680. The first-order valence-electron chi connectivity index (χ1n) is 11.1. The summed E-state index contributed by atoms with van der Waals surface area (Å²) in [4.78, 5) is 24.8. The minimum atomic E-state index is -0.875. The van der Waals surface area contributed by atoms with E-state index in [1.807, 2.05) is 0 Å². The van der Waals surface area contributed by atoms with Crippen molar-refractivity contribution in [1.82, 2.24) is 4.90 Å². The third kappa shape index (κ3) is 12.8. The number of allylic oxidation sites excluding steroid dienone is 10. The van der Waals surface area contributed by atoms with Crippen LogP contribution in [0.25, 0.3) is 0 Å². The van der Waals surface area contributed by atoms with Gasteiger partial charge in [-0.2, -0.15) is 0 Å². The van der Waals surface area contributed by atoms with Crippen molar-refractivity contribution in [1.29, 1.82) is 0 Å².